The summed E-state index contributed by atoms with van der Waals surface area (Å²) in [7, 11) is 0. The van der Waals surface area contributed by atoms with Crippen LogP contribution in [0.5, 0.6) is 0 Å². The predicted octanol–water partition coefficient (Wildman–Crippen LogP) is 0.725. The van der Waals surface area contributed by atoms with Crippen LogP contribution in [-0.4, -0.2) is 40.5 Å². The van der Waals surface area contributed by atoms with Crippen LogP contribution in [0, 0.1) is 10.1 Å². The van der Waals surface area contributed by atoms with Gasteiger partial charge in [0.1, 0.15) is 5.69 Å². The number of nitrogens with two attached hydrogens (primary N) is 1. The van der Waals surface area contributed by atoms with Crippen LogP contribution in [-0.2, 0) is 0 Å². The summed E-state index contributed by atoms with van der Waals surface area (Å²) in [5.41, 5.74) is 2.28. The van der Waals surface area contributed by atoms with Crippen molar-refractivity contribution >= 4 is 17.3 Å². The third kappa shape index (κ3) is 3.65. The first-order valence-corrected chi connectivity index (χ1v) is 6.20. The highest BCUT2D eigenvalue weighted by molar-refractivity contribution is 5.95. The monoisotopic (exact) mass is 282 g/mol. The number of nitrogens with zero attached hydrogens (tertiary/aromatic N) is 2. The van der Waals surface area contributed by atoms with Gasteiger partial charge in [0.25, 0.3) is 11.6 Å². The zero-order valence-corrected chi connectivity index (χ0v) is 11.2. The number of aliphatic hydroxyl groups excluding tert-OH is 1. The van der Waals surface area contributed by atoms with Gasteiger partial charge >= 0.3 is 0 Å². The summed E-state index contributed by atoms with van der Waals surface area (Å²) < 4.78 is 0. The smallest absolute Gasteiger partial charge is 0.294 e. The third-order valence-corrected chi connectivity index (χ3v) is 2.75. The molecule has 1 rings (SSSR count). The standard InChI is InChI=1S/C12H18N4O4/c1-2-5-15(6-7-17)12(18)9-3-4-10(14-13)11(8-9)16(19)20/h3-4,8,14,17H,2,5-7,13H2,1H3. The van der Waals surface area contributed by atoms with Gasteiger partial charge in [0, 0.05) is 24.7 Å². The van der Waals surface area contributed by atoms with Gasteiger partial charge in [-0.3, -0.25) is 20.8 Å². The van der Waals surface area contributed by atoms with E-state index < -0.39 is 4.92 Å². The highest BCUT2D eigenvalue weighted by Crippen LogP contribution is 2.25. The molecule has 0 aliphatic heterocycles. The molecule has 0 saturated carbocycles. The molecular formula is C12H18N4O4. The zero-order valence-electron chi connectivity index (χ0n) is 11.2. The number of benzene rings is 1. The van der Waals surface area contributed by atoms with Crippen LogP contribution in [0.1, 0.15) is 23.7 Å². The first-order chi connectivity index (χ1) is 9.54. The van der Waals surface area contributed by atoms with Crippen molar-refractivity contribution in [2.75, 3.05) is 25.1 Å². The molecule has 110 valence electrons. The Morgan fingerprint density at radius 2 is 2.20 bits per heavy atom. The van der Waals surface area contributed by atoms with Crippen LogP contribution in [0.2, 0.25) is 0 Å². The Hall–Kier alpha value is -2.19. The van der Waals surface area contributed by atoms with Gasteiger partial charge in [-0.05, 0) is 18.6 Å². The second-order valence-electron chi connectivity index (χ2n) is 4.15. The van der Waals surface area contributed by atoms with Crippen molar-refractivity contribution in [3.05, 3.63) is 33.9 Å². The Kier molecular flexibility index (Phi) is 5.88. The fourth-order valence-corrected chi connectivity index (χ4v) is 1.83. The Balaban J connectivity index is 3.08. The molecule has 0 aromatic heterocycles. The first-order valence-electron chi connectivity index (χ1n) is 6.20. The molecule has 0 unspecified atom stereocenters. The van der Waals surface area contributed by atoms with E-state index in [1.807, 2.05) is 6.92 Å². The number of hydrogen-bond acceptors (Lipinski definition) is 6. The number of aliphatic hydroxyl groups is 1. The van der Waals surface area contributed by atoms with Gasteiger partial charge in [-0.25, -0.2) is 0 Å². The van der Waals surface area contributed by atoms with E-state index >= 15 is 0 Å². The molecule has 8 heteroatoms. The summed E-state index contributed by atoms with van der Waals surface area (Å²) in [5, 5.41) is 19.9. The molecule has 4 N–H and O–H groups in total. The molecule has 0 heterocycles. The number of nitro benzene ring substituents is 1. The summed E-state index contributed by atoms with van der Waals surface area (Å²) in [6.45, 7) is 2.42. The average Bonchev–Trinajstić information content (AvgIpc) is 2.45. The van der Waals surface area contributed by atoms with Crippen molar-refractivity contribution in [2.45, 2.75) is 13.3 Å². The van der Waals surface area contributed by atoms with Crippen LogP contribution in [0.15, 0.2) is 18.2 Å². The fourth-order valence-electron chi connectivity index (χ4n) is 1.83. The molecule has 0 saturated heterocycles. The molecule has 0 bridgehead atoms. The average molecular weight is 282 g/mol. The van der Waals surface area contributed by atoms with Gasteiger partial charge in [-0.2, -0.15) is 0 Å². The highest BCUT2D eigenvalue weighted by Gasteiger charge is 2.20. The lowest BCUT2D eigenvalue weighted by atomic mass is 10.1. The second-order valence-corrected chi connectivity index (χ2v) is 4.15. The van der Waals surface area contributed by atoms with Crippen molar-refractivity contribution < 1.29 is 14.8 Å². The largest absolute Gasteiger partial charge is 0.395 e. The van der Waals surface area contributed by atoms with Crippen LogP contribution < -0.4 is 11.3 Å². The van der Waals surface area contributed by atoms with Gasteiger partial charge in [0.15, 0.2) is 0 Å². The van der Waals surface area contributed by atoms with Crippen molar-refractivity contribution in [1.29, 1.82) is 0 Å². The van der Waals surface area contributed by atoms with Crippen LogP contribution in [0.25, 0.3) is 0 Å². The Bertz CT molecular complexity index is 486. The lowest BCUT2D eigenvalue weighted by molar-refractivity contribution is -0.384. The highest BCUT2D eigenvalue weighted by atomic mass is 16.6. The minimum Gasteiger partial charge on any atom is -0.395 e. The lowest BCUT2D eigenvalue weighted by Gasteiger charge is -2.21. The summed E-state index contributed by atoms with van der Waals surface area (Å²) >= 11 is 0. The predicted molar refractivity (Wildman–Crippen MR) is 74.2 cm³/mol. The molecule has 0 atom stereocenters. The molecule has 0 radical (unpaired) electrons. The topological polar surface area (TPSA) is 122 Å². The molecule has 20 heavy (non-hydrogen) atoms. The minimum atomic E-state index is -0.609. The number of rotatable bonds is 7. The van der Waals surface area contributed by atoms with E-state index in [1.165, 1.54) is 23.1 Å². The molecule has 0 aliphatic carbocycles. The number of hydrazine groups is 1. The van der Waals surface area contributed by atoms with Gasteiger partial charge in [0.2, 0.25) is 0 Å². The van der Waals surface area contributed by atoms with E-state index in [4.69, 9.17) is 10.9 Å². The minimum absolute atomic E-state index is 0.135. The van der Waals surface area contributed by atoms with Crippen molar-refractivity contribution in [1.82, 2.24) is 4.90 Å². The number of anilines is 1. The second kappa shape index (κ2) is 7.41. The van der Waals surface area contributed by atoms with Crippen molar-refractivity contribution in [3.63, 3.8) is 0 Å². The maximum absolute atomic E-state index is 12.2. The molecule has 1 amide bonds. The van der Waals surface area contributed by atoms with Gasteiger partial charge < -0.3 is 15.4 Å². The molecule has 1 aromatic rings. The number of nitrogens with one attached hydrogen (secondary N) is 1. The van der Waals surface area contributed by atoms with Gasteiger partial charge in [0.05, 0.1) is 11.5 Å². The van der Waals surface area contributed by atoms with E-state index in [0.717, 1.165) is 6.42 Å². The number of carbonyl (C=O) groups excluding carboxylic acids is 1. The SMILES string of the molecule is CCCN(CCO)C(=O)c1ccc(NN)c([N+](=O)[O-])c1. The van der Waals surface area contributed by atoms with Crippen LogP contribution in [0.3, 0.4) is 0 Å². The van der Waals surface area contributed by atoms with Crippen molar-refractivity contribution in [3.8, 4) is 0 Å². The number of hydrogen-bond donors (Lipinski definition) is 3. The summed E-state index contributed by atoms with van der Waals surface area (Å²) in [5.74, 6) is 4.83. The van der Waals surface area contributed by atoms with E-state index in [9.17, 15) is 14.9 Å². The first kappa shape index (κ1) is 15.9. The maximum atomic E-state index is 12.2. The van der Waals surface area contributed by atoms with E-state index in [1.54, 1.807) is 0 Å². The summed E-state index contributed by atoms with van der Waals surface area (Å²) in [6.07, 6.45) is 0.732. The third-order valence-electron chi connectivity index (χ3n) is 2.75. The summed E-state index contributed by atoms with van der Waals surface area (Å²) in [6, 6.07) is 4.02. The van der Waals surface area contributed by atoms with Gasteiger partial charge in [-0.1, -0.05) is 6.92 Å². The molecular weight excluding hydrogens is 264 g/mol. The quantitative estimate of drug-likeness (QED) is 0.385. The van der Waals surface area contributed by atoms with Crippen molar-refractivity contribution in [2.24, 2.45) is 5.84 Å². The Morgan fingerprint density at radius 3 is 2.70 bits per heavy atom. The molecule has 0 spiro atoms. The number of nitrogen functional groups attached to an aromatic ring is 1. The number of nitro groups is 1. The zero-order chi connectivity index (χ0) is 15.1. The van der Waals surface area contributed by atoms with E-state index in [0.29, 0.717) is 6.54 Å². The molecule has 0 aliphatic rings. The Labute approximate surface area is 116 Å². The molecule has 8 nitrogen and oxygen atoms in total. The maximum Gasteiger partial charge on any atom is 0.294 e. The van der Waals surface area contributed by atoms with Crippen LogP contribution >= 0.6 is 0 Å². The summed E-state index contributed by atoms with van der Waals surface area (Å²) in [4.78, 5) is 24.0. The van der Waals surface area contributed by atoms with Crippen LogP contribution in [0.4, 0.5) is 11.4 Å². The fraction of sp³-hybridized carbons (Fsp3) is 0.417. The van der Waals surface area contributed by atoms with Gasteiger partial charge in [-0.15, -0.1) is 0 Å². The van der Waals surface area contributed by atoms with E-state index in [2.05, 4.69) is 5.43 Å². The normalized spacial score (nSPS) is 10.2. The molecule has 0 fully saturated rings. The van der Waals surface area contributed by atoms with E-state index in [-0.39, 0.29) is 36.0 Å². The Morgan fingerprint density at radius 1 is 1.50 bits per heavy atom. The number of amides is 1. The molecule has 1 aromatic carbocycles. The number of carbonyl (C=O) groups is 1. The lowest BCUT2D eigenvalue weighted by Crippen LogP contribution is -2.34.